The van der Waals surface area contributed by atoms with E-state index < -0.39 is 0 Å². The normalized spacial score (nSPS) is 29.9. The number of nitrogens with zero attached hydrogens (tertiary/aromatic N) is 1. The highest BCUT2D eigenvalue weighted by atomic mass is 15.2. The summed E-state index contributed by atoms with van der Waals surface area (Å²) >= 11 is 0. The number of rotatable bonds is 3. The maximum absolute atomic E-state index is 3.67. The van der Waals surface area contributed by atoms with Crippen LogP contribution in [0.3, 0.4) is 0 Å². The summed E-state index contributed by atoms with van der Waals surface area (Å²) in [6, 6.07) is 12.4. The topological polar surface area (TPSA) is 15.3 Å². The number of likely N-dealkylation sites (tertiary alicyclic amines) is 1. The summed E-state index contributed by atoms with van der Waals surface area (Å²) in [7, 11) is 0. The van der Waals surface area contributed by atoms with Crippen molar-refractivity contribution in [2.24, 2.45) is 0 Å². The van der Waals surface area contributed by atoms with Crippen molar-refractivity contribution in [2.75, 3.05) is 13.1 Å². The highest BCUT2D eigenvalue weighted by Crippen LogP contribution is 2.26. The van der Waals surface area contributed by atoms with Crippen LogP contribution in [0.25, 0.3) is 0 Å². The molecule has 2 atom stereocenters. The van der Waals surface area contributed by atoms with Gasteiger partial charge in [-0.1, -0.05) is 30.3 Å². The van der Waals surface area contributed by atoms with E-state index in [1.165, 1.54) is 44.3 Å². The second-order valence-corrected chi connectivity index (χ2v) is 5.37. The minimum absolute atomic E-state index is 0.751. The third kappa shape index (κ3) is 2.53. The first-order valence-corrected chi connectivity index (χ1v) is 6.95. The van der Waals surface area contributed by atoms with Crippen LogP contribution in [-0.4, -0.2) is 30.1 Å². The van der Waals surface area contributed by atoms with E-state index in [0.717, 1.165) is 18.6 Å². The number of hydrogen-bond acceptors (Lipinski definition) is 2. The molecule has 0 aromatic heterocycles. The molecule has 0 radical (unpaired) electrons. The molecule has 0 amide bonds. The molecular weight excluding hydrogens is 208 g/mol. The Bertz CT molecular complexity index is 343. The van der Waals surface area contributed by atoms with Gasteiger partial charge in [-0.2, -0.15) is 0 Å². The molecular formula is C15H22N2. The molecule has 1 aromatic rings. The summed E-state index contributed by atoms with van der Waals surface area (Å²) in [6.45, 7) is 3.63. The van der Waals surface area contributed by atoms with Crippen LogP contribution in [0.5, 0.6) is 0 Å². The average Bonchev–Trinajstić information content (AvgIpc) is 3.00. The lowest BCUT2D eigenvalue weighted by Gasteiger charge is -2.29. The van der Waals surface area contributed by atoms with Gasteiger partial charge in [0.25, 0.3) is 0 Å². The summed E-state index contributed by atoms with van der Waals surface area (Å²) in [5, 5.41) is 3.67. The number of hydrogen-bond donors (Lipinski definition) is 1. The molecule has 2 aliphatic rings. The molecule has 0 saturated carbocycles. The van der Waals surface area contributed by atoms with E-state index >= 15 is 0 Å². The van der Waals surface area contributed by atoms with E-state index in [1.807, 2.05) is 0 Å². The van der Waals surface area contributed by atoms with Crippen molar-refractivity contribution in [1.82, 2.24) is 10.2 Å². The van der Waals surface area contributed by atoms with Gasteiger partial charge in [-0.05, 0) is 44.3 Å². The fourth-order valence-electron chi connectivity index (χ4n) is 3.36. The Morgan fingerprint density at radius 3 is 2.76 bits per heavy atom. The molecule has 3 rings (SSSR count). The van der Waals surface area contributed by atoms with Crippen molar-refractivity contribution in [3.63, 3.8) is 0 Å². The lowest BCUT2D eigenvalue weighted by atomic mass is 10.0. The summed E-state index contributed by atoms with van der Waals surface area (Å²) in [4.78, 5) is 2.68. The molecule has 2 unspecified atom stereocenters. The van der Waals surface area contributed by atoms with Crippen molar-refractivity contribution in [2.45, 2.75) is 44.3 Å². The van der Waals surface area contributed by atoms with Gasteiger partial charge >= 0.3 is 0 Å². The van der Waals surface area contributed by atoms with Crippen LogP contribution in [-0.2, 0) is 6.54 Å². The molecule has 1 N–H and O–H groups in total. The molecule has 2 fully saturated rings. The van der Waals surface area contributed by atoms with E-state index in [9.17, 15) is 0 Å². The summed E-state index contributed by atoms with van der Waals surface area (Å²) < 4.78 is 0. The van der Waals surface area contributed by atoms with Gasteiger partial charge in [0, 0.05) is 18.6 Å². The van der Waals surface area contributed by atoms with Crippen LogP contribution in [0.15, 0.2) is 30.3 Å². The van der Waals surface area contributed by atoms with Crippen molar-refractivity contribution < 1.29 is 0 Å². The zero-order chi connectivity index (χ0) is 11.5. The quantitative estimate of drug-likeness (QED) is 0.858. The first kappa shape index (κ1) is 11.2. The zero-order valence-electron chi connectivity index (χ0n) is 10.4. The molecule has 2 saturated heterocycles. The highest BCUT2D eigenvalue weighted by Gasteiger charge is 2.32. The van der Waals surface area contributed by atoms with Gasteiger partial charge in [0.2, 0.25) is 0 Å². The Kier molecular flexibility index (Phi) is 3.44. The smallest absolute Gasteiger partial charge is 0.0253 e. The molecule has 2 aliphatic heterocycles. The van der Waals surface area contributed by atoms with Crippen LogP contribution in [0.1, 0.15) is 31.2 Å². The Morgan fingerprint density at radius 2 is 2.00 bits per heavy atom. The van der Waals surface area contributed by atoms with Crippen LogP contribution in [0, 0.1) is 0 Å². The maximum atomic E-state index is 3.67. The average molecular weight is 230 g/mol. The molecule has 2 heterocycles. The fraction of sp³-hybridized carbons (Fsp3) is 0.600. The van der Waals surface area contributed by atoms with Gasteiger partial charge in [0.15, 0.2) is 0 Å². The second kappa shape index (κ2) is 5.19. The predicted octanol–water partition coefficient (Wildman–Crippen LogP) is 2.40. The van der Waals surface area contributed by atoms with Crippen LogP contribution < -0.4 is 5.32 Å². The van der Waals surface area contributed by atoms with Crippen molar-refractivity contribution >= 4 is 0 Å². The van der Waals surface area contributed by atoms with Crippen molar-refractivity contribution in [3.8, 4) is 0 Å². The maximum Gasteiger partial charge on any atom is 0.0253 e. The van der Waals surface area contributed by atoms with Crippen molar-refractivity contribution in [1.29, 1.82) is 0 Å². The van der Waals surface area contributed by atoms with Gasteiger partial charge in [-0.3, -0.25) is 4.90 Å². The van der Waals surface area contributed by atoms with E-state index in [-0.39, 0.29) is 0 Å². The fourth-order valence-corrected chi connectivity index (χ4v) is 3.36. The van der Waals surface area contributed by atoms with Crippen LogP contribution in [0.4, 0.5) is 0 Å². The Morgan fingerprint density at radius 1 is 1.12 bits per heavy atom. The minimum atomic E-state index is 0.751. The van der Waals surface area contributed by atoms with Gasteiger partial charge in [-0.15, -0.1) is 0 Å². The molecule has 2 heteroatoms. The van der Waals surface area contributed by atoms with Gasteiger partial charge in [-0.25, -0.2) is 0 Å². The molecule has 0 spiro atoms. The molecule has 92 valence electrons. The van der Waals surface area contributed by atoms with Gasteiger partial charge < -0.3 is 5.32 Å². The van der Waals surface area contributed by atoms with E-state index in [4.69, 9.17) is 0 Å². The van der Waals surface area contributed by atoms with Crippen molar-refractivity contribution in [3.05, 3.63) is 35.9 Å². The molecule has 0 bridgehead atoms. The first-order chi connectivity index (χ1) is 8.43. The Hall–Kier alpha value is -0.860. The zero-order valence-corrected chi connectivity index (χ0v) is 10.4. The minimum Gasteiger partial charge on any atom is -0.312 e. The molecule has 1 aromatic carbocycles. The van der Waals surface area contributed by atoms with E-state index in [2.05, 4.69) is 40.5 Å². The predicted molar refractivity (Wildman–Crippen MR) is 70.9 cm³/mol. The lowest BCUT2D eigenvalue weighted by Crippen LogP contribution is -2.43. The monoisotopic (exact) mass is 230 g/mol. The van der Waals surface area contributed by atoms with E-state index in [1.54, 1.807) is 0 Å². The SMILES string of the molecule is c1ccc(CN2CCCC2C2CCCN2)cc1. The molecule has 17 heavy (non-hydrogen) atoms. The third-order valence-electron chi connectivity index (χ3n) is 4.21. The lowest BCUT2D eigenvalue weighted by molar-refractivity contribution is 0.206. The van der Waals surface area contributed by atoms with Gasteiger partial charge in [0.05, 0.1) is 0 Å². The summed E-state index contributed by atoms with van der Waals surface area (Å²) in [6.07, 6.45) is 5.48. The number of nitrogens with one attached hydrogen (secondary N) is 1. The molecule has 0 aliphatic carbocycles. The third-order valence-corrected chi connectivity index (χ3v) is 4.21. The van der Waals surface area contributed by atoms with Crippen LogP contribution in [0.2, 0.25) is 0 Å². The first-order valence-electron chi connectivity index (χ1n) is 6.95. The highest BCUT2D eigenvalue weighted by molar-refractivity contribution is 5.15. The number of benzene rings is 1. The standard InChI is InChI=1S/C15H22N2/c1-2-6-13(7-3-1)12-17-11-5-9-15(17)14-8-4-10-16-14/h1-3,6-7,14-16H,4-5,8-12H2. The summed E-state index contributed by atoms with van der Waals surface area (Å²) in [5.41, 5.74) is 1.46. The Labute approximate surface area is 104 Å². The van der Waals surface area contributed by atoms with Gasteiger partial charge in [0.1, 0.15) is 0 Å². The molecule has 2 nitrogen and oxygen atoms in total. The van der Waals surface area contributed by atoms with E-state index in [0.29, 0.717) is 0 Å². The largest absolute Gasteiger partial charge is 0.312 e. The second-order valence-electron chi connectivity index (χ2n) is 5.37. The summed E-state index contributed by atoms with van der Waals surface area (Å²) in [5.74, 6) is 0. The Balaban J connectivity index is 1.65. The van der Waals surface area contributed by atoms with Crippen LogP contribution >= 0.6 is 0 Å².